The van der Waals surface area contributed by atoms with Gasteiger partial charge in [0.15, 0.2) is 0 Å². The van der Waals surface area contributed by atoms with Crippen LogP contribution in [0.2, 0.25) is 0 Å². The van der Waals surface area contributed by atoms with E-state index in [1.54, 1.807) is 6.33 Å². The lowest BCUT2D eigenvalue weighted by Gasteiger charge is -2.16. The summed E-state index contributed by atoms with van der Waals surface area (Å²) >= 11 is 1.44. The Morgan fingerprint density at radius 2 is 2.22 bits per heavy atom. The molecule has 2 heterocycles. The Bertz CT molecular complexity index is 503. The van der Waals surface area contributed by atoms with Gasteiger partial charge in [-0.05, 0) is 39.4 Å². The zero-order valence-electron chi connectivity index (χ0n) is 11.1. The molecule has 0 saturated heterocycles. The predicted molar refractivity (Wildman–Crippen MR) is 70.6 cm³/mol. The van der Waals surface area contributed by atoms with E-state index in [0.717, 1.165) is 22.8 Å². The van der Waals surface area contributed by atoms with Crippen LogP contribution in [0.15, 0.2) is 6.33 Å². The van der Waals surface area contributed by atoms with Gasteiger partial charge in [-0.15, -0.1) is 5.10 Å². The summed E-state index contributed by atoms with van der Waals surface area (Å²) in [6.07, 6.45) is 2.40. The highest BCUT2D eigenvalue weighted by Gasteiger charge is 2.19. The zero-order chi connectivity index (χ0) is 13.1. The molecule has 0 aliphatic rings. The summed E-state index contributed by atoms with van der Waals surface area (Å²) in [7, 11) is 1.94. The van der Waals surface area contributed by atoms with Gasteiger partial charge in [0.25, 0.3) is 0 Å². The van der Waals surface area contributed by atoms with Crippen LogP contribution in [-0.4, -0.2) is 31.4 Å². The van der Waals surface area contributed by atoms with Crippen LogP contribution in [0.1, 0.15) is 42.3 Å². The van der Waals surface area contributed by atoms with Crippen molar-refractivity contribution in [2.24, 2.45) is 0 Å². The van der Waals surface area contributed by atoms with E-state index < -0.39 is 0 Å². The first-order chi connectivity index (χ1) is 8.63. The van der Waals surface area contributed by atoms with E-state index in [-0.39, 0.29) is 6.04 Å². The molecule has 7 heteroatoms. The Morgan fingerprint density at radius 1 is 1.44 bits per heavy atom. The van der Waals surface area contributed by atoms with Crippen LogP contribution < -0.4 is 5.32 Å². The zero-order valence-corrected chi connectivity index (χ0v) is 11.9. The van der Waals surface area contributed by atoms with Gasteiger partial charge in [0.2, 0.25) is 0 Å². The van der Waals surface area contributed by atoms with Crippen molar-refractivity contribution in [3.8, 4) is 0 Å². The van der Waals surface area contributed by atoms with Crippen molar-refractivity contribution in [3.05, 3.63) is 22.7 Å². The van der Waals surface area contributed by atoms with Gasteiger partial charge in [-0.1, -0.05) is 4.49 Å². The second-order valence-corrected chi connectivity index (χ2v) is 5.27. The molecule has 1 N–H and O–H groups in total. The minimum absolute atomic E-state index is 0.187. The number of likely N-dealkylation sites (N-methyl/N-ethyl adjacent to an activating group) is 1. The van der Waals surface area contributed by atoms with Gasteiger partial charge in [-0.3, -0.25) is 0 Å². The average Bonchev–Trinajstić information content (AvgIpc) is 2.94. The Labute approximate surface area is 111 Å². The second-order valence-electron chi connectivity index (χ2n) is 4.48. The molecule has 0 spiro atoms. The van der Waals surface area contributed by atoms with Crippen LogP contribution in [0.25, 0.3) is 0 Å². The Morgan fingerprint density at radius 3 is 2.78 bits per heavy atom. The summed E-state index contributed by atoms with van der Waals surface area (Å²) in [5.74, 6) is 0.983. The fourth-order valence-corrected chi connectivity index (χ4v) is 2.67. The van der Waals surface area contributed by atoms with E-state index in [0.29, 0.717) is 6.04 Å². The maximum Gasteiger partial charge on any atom is 0.138 e. The smallest absolute Gasteiger partial charge is 0.138 e. The van der Waals surface area contributed by atoms with E-state index in [1.165, 1.54) is 11.5 Å². The Hall–Kier alpha value is -1.34. The van der Waals surface area contributed by atoms with E-state index in [9.17, 15) is 0 Å². The SMILES string of the molecule is CNC(Cc1ncnn1C(C)C)c1snnc1C. The molecule has 2 rings (SSSR count). The normalized spacial score (nSPS) is 13.2. The number of nitrogens with zero attached hydrogens (tertiary/aromatic N) is 5. The standard InChI is InChI=1S/C11H18N6S/c1-7(2)17-10(13-6-14-17)5-9(12-4)11-8(3)15-16-18-11/h6-7,9,12H,5H2,1-4H3. The monoisotopic (exact) mass is 266 g/mol. The molecule has 98 valence electrons. The van der Waals surface area contributed by atoms with Crippen LogP contribution >= 0.6 is 11.5 Å². The number of aryl methyl sites for hydroxylation is 1. The van der Waals surface area contributed by atoms with E-state index in [1.807, 2.05) is 18.7 Å². The van der Waals surface area contributed by atoms with Crippen molar-refractivity contribution in [1.29, 1.82) is 0 Å². The molecule has 0 fully saturated rings. The van der Waals surface area contributed by atoms with Crippen molar-refractivity contribution in [1.82, 2.24) is 29.7 Å². The molecule has 0 amide bonds. The second kappa shape index (κ2) is 5.53. The first kappa shape index (κ1) is 13.1. The lowest BCUT2D eigenvalue weighted by Crippen LogP contribution is -2.21. The highest BCUT2D eigenvalue weighted by molar-refractivity contribution is 7.05. The maximum atomic E-state index is 4.34. The third kappa shape index (κ3) is 2.56. The van der Waals surface area contributed by atoms with Crippen LogP contribution in [0, 0.1) is 6.92 Å². The highest BCUT2D eigenvalue weighted by Crippen LogP contribution is 2.23. The molecule has 0 aliphatic heterocycles. The van der Waals surface area contributed by atoms with Crippen LogP contribution in [0.3, 0.4) is 0 Å². The maximum absolute atomic E-state index is 4.34. The van der Waals surface area contributed by atoms with Crippen LogP contribution in [0.5, 0.6) is 0 Å². The minimum atomic E-state index is 0.187. The van der Waals surface area contributed by atoms with E-state index in [2.05, 4.69) is 38.8 Å². The van der Waals surface area contributed by atoms with Crippen molar-refractivity contribution >= 4 is 11.5 Å². The van der Waals surface area contributed by atoms with Gasteiger partial charge in [0, 0.05) is 12.5 Å². The summed E-state index contributed by atoms with van der Waals surface area (Å²) < 4.78 is 5.94. The molecule has 0 saturated carbocycles. The fourth-order valence-electron chi connectivity index (χ4n) is 1.92. The third-order valence-electron chi connectivity index (χ3n) is 2.87. The van der Waals surface area contributed by atoms with Gasteiger partial charge in [-0.2, -0.15) is 5.10 Å². The molecule has 0 bridgehead atoms. The van der Waals surface area contributed by atoms with Crippen LogP contribution in [-0.2, 0) is 6.42 Å². The molecule has 6 nitrogen and oxygen atoms in total. The minimum Gasteiger partial charge on any atom is -0.312 e. The van der Waals surface area contributed by atoms with Crippen LogP contribution in [0.4, 0.5) is 0 Å². The van der Waals surface area contributed by atoms with E-state index >= 15 is 0 Å². The quantitative estimate of drug-likeness (QED) is 0.888. The van der Waals surface area contributed by atoms with Crippen molar-refractivity contribution < 1.29 is 0 Å². The molecule has 2 aromatic heterocycles. The first-order valence-corrected chi connectivity index (χ1v) is 6.75. The average molecular weight is 266 g/mol. The third-order valence-corrected chi connectivity index (χ3v) is 3.81. The molecular weight excluding hydrogens is 248 g/mol. The first-order valence-electron chi connectivity index (χ1n) is 5.98. The summed E-state index contributed by atoms with van der Waals surface area (Å²) in [6.45, 7) is 6.19. The number of hydrogen-bond acceptors (Lipinski definition) is 6. The van der Waals surface area contributed by atoms with E-state index in [4.69, 9.17) is 0 Å². The fraction of sp³-hybridized carbons (Fsp3) is 0.636. The topological polar surface area (TPSA) is 68.5 Å². The number of hydrogen-bond donors (Lipinski definition) is 1. The molecule has 0 radical (unpaired) electrons. The molecule has 1 unspecified atom stereocenters. The van der Waals surface area contributed by atoms with Gasteiger partial charge in [0.05, 0.1) is 16.6 Å². The predicted octanol–water partition coefficient (Wildman–Crippen LogP) is 1.52. The van der Waals surface area contributed by atoms with Gasteiger partial charge in [-0.25, -0.2) is 9.67 Å². The summed E-state index contributed by atoms with van der Waals surface area (Å²) in [4.78, 5) is 5.50. The lowest BCUT2D eigenvalue weighted by molar-refractivity contribution is 0.479. The Kier molecular flexibility index (Phi) is 4.03. The number of nitrogens with one attached hydrogen (secondary N) is 1. The van der Waals surface area contributed by atoms with Crippen molar-refractivity contribution in [2.75, 3.05) is 7.05 Å². The van der Waals surface area contributed by atoms with Gasteiger partial charge in [0.1, 0.15) is 12.2 Å². The molecular formula is C11H18N6S. The number of rotatable bonds is 5. The summed E-state index contributed by atoms with van der Waals surface area (Å²) in [5, 5.41) is 11.6. The van der Waals surface area contributed by atoms with Crippen molar-refractivity contribution in [2.45, 2.75) is 39.3 Å². The lowest BCUT2D eigenvalue weighted by atomic mass is 10.1. The molecule has 1 atom stereocenters. The molecule has 0 aromatic carbocycles. The summed E-state index contributed by atoms with van der Waals surface area (Å²) in [6, 6.07) is 0.507. The van der Waals surface area contributed by atoms with Gasteiger partial charge >= 0.3 is 0 Å². The molecule has 0 aliphatic carbocycles. The Balaban J connectivity index is 2.21. The molecule has 2 aromatic rings. The largest absolute Gasteiger partial charge is 0.312 e. The highest BCUT2D eigenvalue weighted by atomic mass is 32.1. The van der Waals surface area contributed by atoms with Gasteiger partial charge < -0.3 is 5.32 Å². The van der Waals surface area contributed by atoms with Crippen molar-refractivity contribution in [3.63, 3.8) is 0 Å². The molecule has 18 heavy (non-hydrogen) atoms. The summed E-state index contributed by atoms with van der Waals surface area (Å²) in [5.41, 5.74) is 0.981. The number of aromatic nitrogens is 5.